The van der Waals surface area contributed by atoms with Crippen molar-refractivity contribution in [3.8, 4) is 0 Å². The van der Waals surface area contributed by atoms with E-state index in [2.05, 4.69) is 9.47 Å². The first kappa shape index (κ1) is 22.3. The van der Waals surface area contributed by atoms with Gasteiger partial charge in [-0.2, -0.15) is 0 Å². The average Bonchev–Trinajstić information content (AvgIpc) is 2.54. The van der Waals surface area contributed by atoms with Gasteiger partial charge in [-0.15, -0.1) is 0 Å². The molecule has 0 heterocycles. The standard InChI is InChI=1S/C18H30O6/c1-3-5-11-15(19)23-17(21)13-9-7-8-10-14-18(22)24-16(20)12-6-4-2/h3-14H2,1-2H3. The maximum absolute atomic E-state index is 11.4. The van der Waals surface area contributed by atoms with Crippen molar-refractivity contribution in [2.75, 3.05) is 0 Å². The Balaban J connectivity index is 3.55. The minimum Gasteiger partial charge on any atom is -0.393 e. The molecule has 0 aliphatic carbocycles. The number of hydrogen-bond acceptors (Lipinski definition) is 6. The molecule has 0 N–H and O–H groups in total. The summed E-state index contributed by atoms with van der Waals surface area (Å²) in [5, 5.41) is 0. The smallest absolute Gasteiger partial charge is 0.313 e. The van der Waals surface area contributed by atoms with Crippen LogP contribution in [0.2, 0.25) is 0 Å². The molecule has 6 heteroatoms. The lowest BCUT2D eigenvalue weighted by Crippen LogP contribution is -2.12. The highest BCUT2D eigenvalue weighted by molar-refractivity contribution is 5.85. The Morgan fingerprint density at radius 1 is 0.500 bits per heavy atom. The van der Waals surface area contributed by atoms with Crippen LogP contribution in [0.25, 0.3) is 0 Å². The van der Waals surface area contributed by atoms with Gasteiger partial charge >= 0.3 is 23.9 Å². The van der Waals surface area contributed by atoms with Crippen LogP contribution < -0.4 is 0 Å². The largest absolute Gasteiger partial charge is 0.393 e. The van der Waals surface area contributed by atoms with E-state index in [1.54, 1.807) is 0 Å². The lowest BCUT2D eigenvalue weighted by Gasteiger charge is -2.04. The number of carbonyl (C=O) groups excluding carboxylic acids is 4. The number of rotatable bonds is 13. The van der Waals surface area contributed by atoms with E-state index < -0.39 is 23.9 Å². The van der Waals surface area contributed by atoms with Crippen molar-refractivity contribution in [2.24, 2.45) is 0 Å². The number of carbonyl (C=O) groups is 4. The molecule has 0 aromatic rings. The first-order chi connectivity index (χ1) is 11.5. The summed E-state index contributed by atoms with van der Waals surface area (Å²) in [5.74, 6) is -1.90. The van der Waals surface area contributed by atoms with Gasteiger partial charge in [0.05, 0.1) is 0 Å². The van der Waals surface area contributed by atoms with Gasteiger partial charge in [-0.05, 0) is 25.7 Å². The summed E-state index contributed by atoms with van der Waals surface area (Å²) >= 11 is 0. The van der Waals surface area contributed by atoms with Crippen molar-refractivity contribution < 1.29 is 28.7 Å². The molecule has 0 unspecified atom stereocenters. The topological polar surface area (TPSA) is 86.7 Å². The number of esters is 4. The highest BCUT2D eigenvalue weighted by atomic mass is 16.6. The Morgan fingerprint density at radius 3 is 1.08 bits per heavy atom. The third-order valence-corrected chi connectivity index (χ3v) is 3.44. The van der Waals surface area contributed by atoms with Crippen LogP contribution in [-0.4, -0.2) is 23.9 Å². The summed E-state index contributed by atoms with van der Waals surface area (Å²) in [5.41, 5.74) is 0. The van der Waals surface area contributed by atoms with Gasteiger partial charge in [0.1, 0.15) is 0 Å². The SMILES string of the molecule is CCCCC(=O)OC(=O)CCCCCCC(=O)OC(=O)CCCC. The summed E-state index contributed by atoms with van der Waals surface area (Å²) in [6.45, 7) is 3.93. The van der Waals surface area contributed by atoms with Gasteiger partial charge in [0.25, 0.3) is 0 Å². The molecule has 0 spiro atoms. The Kier molecular flexibility index (Phi) is 13.8. The van der Waals surface area contributed by atoms with Gasteiger partial charge in [-0.25, -0.2) is 0 Å². The molecular formula is C18H30O6. The molecule has 0 fully saturated rings. The molecule has 0 aliphatic heterocycles. The fraction of sp³-hybridized carbons (Fsp3) is 0.778. The summed E-state index contributed by atoms with van der Waals surface area (Å²) < 4.78 is 9.37. The minimum absolute atomic E-state index is 0.206. The highest BCUT2D eigenvalue weighted by Crippen LogP contribution is 2.08. The lowest BCUT2D eigenvalue weighted by atomic mass is 10.1. The molecule has 0 aliphatic rings. The Bertz CT molecular complexity index is 364. The van der Waals surface area contributed by atoms with Crippen molar-refractivity contribution >= 4 is 23.9 Å². The van der Waals surface area contributed by atoms with Crippen LogP contribution in [-0.2, 0) is 28.7 Å². The van der Waals surface area contributed by atoms with E-state index in [1.165, 1.54) is 0 Å². The van der Waals surface area contributed by atoms with Crippen molar-refractivity contribution in [3.05, 3.63) is 0 Å². The van der Waals surface area contributed by atoms with Crippen LogP contribution in [0.3, 0.4) is 0 Å². The zero-order valence-electron chi connectivity index (χ0n) is 14.9. The van der Waals surface area contributed by atoms with Gasteiger partial charge in [-0.1, -0.05) is 39.5 Å². The predicted octanol–water partition coefficient (Wildman–Crippen LogP) is 3.85. The Labute approximate surface area is 144 Å². The van der Waals surface area contributed by atoms with Crippen LogP contribution in [0.1, 0.15) is 90.9 Å². The van der Waals surface area contributed by atoms with Crippen LogP contribution >= 0.6 is 0 Å². The molecule has 24 heavy (non-hydrogen) atoms. The monoisotopic (exact) mass is 342 g/mol. The molecule has 0 radical (unpaired) electrons. The molecule has 0 saturated heterocycles. The highest BCUT2D eigenvalue weighted by Gasteiger charge is 2.11. The second-order valence-corrected chi connectivity index (χ2v) is 5.81. The zero-order valence-corrected chi connectivity index (χ0v) is 14.9. The van der Waals surface area contributed by atoms with Gasteiger partial charge in [-0.3, -0.25) is 19.2 Å². The second-order valence-electron chi connectivity index (χ2n) is 5.81. The molecule has 0 bridgehead atoms. The van der Waals surface area contributed by atoms with E-state index in [4.69, 9.17) is 0 Å². The Morgan fingerprint density at radius 2 is 0.792 bits per heavy atom. The van der Waals surface area contributed by atoms with Crippen LogP contribution in [0.5, 0.6) is 0 Å². The summed E-state index contributed by atoms with van der Waals surface area (Å²) in [4.78, 5) is 45.3. The molecule has 6 nitrogen and oxygen atoms in total. The maximum atomic E-state index is 11.4. The van der Waals surface area contributed by atoms with Crippen LogP contribution in [0.4, 0.5) is 0 Å². The number of hydrogen-bond donors (Lipinski definition) is 0. The van der Waals surface area contributed by atoms with Crippen molar-refractivity contribution in [2.45, 2.75) is 90.9 Å². The van der Waals surface area contributed by atoms with E-state index in [0.29, 0.717) is 12.8 Å². The zero-order chi connectivity index (χ0) is 18.2. The van der Waals surface area contributed by atoms with Crippen molar-refractivity contribution in [1.82, 2.24) is 0 Å². The van der Waals surface area contributed by atoms with E-state index in [9.17, 15) is 19.2 Å². The van der Waals surface area contributed by atoms with E-state index in [0.717, 1.165) is 38.5 Å². The molecule has 0 aromatic heterocycles. The molecule has 0 atom stereocenters. The van der Waals surface area contributed by atoms with Crippen molar-refractivity contribution in [1.29, 1.82) is 0 Å². The maximum Gasteiger partial charge on any atom is 0.313 e. The number of unbranched alkanes of at least 4 members (excludes halogenated alkanes) is 5. The normalized spacial score (nSPS) is 10.2. The first-order valence-electron chi connectivity index (χ1n) is 8.96. The fourth-order valence-electron chi connectivity index (χ4n) is 1.99. The van der Waals surface area contributed by atoms with Gasteiger partial charge < -0.3 is 9.47 Å². The molecule has 138 valence electrons. The third kappa shape index (κ3) is 13.9. The first-order valence-corrected chi connectivity index (χ1v) is 8.96. The van der Waals surface area contributed by atoms with Crippen molar-refractivity contribution in [3.63, 3.8) is 0 Å². The fourth-order valence-corrected chi connectivity index (χ4v) is 1.99. The van der Waals surface area contributed by atoms with Crippen LogP contribution in [0, 0.1) is 0 Å². The molecule has 0 aromatic carbocycles. The summed E-state index contributed by atoms with van der Waals surface area (Å²) in [6, 6.07) is 0. The molecule has 0 saturated carbocycles. The summed E-state index contributed by atoms with van der Waals surface area (Å²) in [6.07, 6.45) is 6.94. The molecule has 0 rings (SSSR count). The Hall–Kier alpha value is -1.72. The second kappa shape index (κ2) is 14.8. The number of ether oxygens (including phenoxy) is 2. The van der Waals surface area contributed by atoms with Crippen LogP contribution in [0.15, 0.2) is 0 Å². The van der Waals surface area contributed by atoms with Gasteiger partial charge in [0, 0.05) is 25.7 Å². The predicted molar refractivity (Wildman–Crippen MR) is 89.0 cm³/mol. The van der Waals surface area contributed by atoms with E-state index in [-0.39, 0.29) is 25.7 Å². The average molecular weight is 342 g/mol. The van der Waals surface area contributed by atoms with E-state index in [1.807, 2.05) is 13.8 Å². The summed E-state index contributed by atoms with van der Waals surface area (Å²) in [7, 11) is 0. The lowest BCUT2D eigenvalue weighted by molar-refractivity contribution is -0.161. The van der Waals surface area contributed by atoms with E-state index >= 15 is 0 Å². The van der Waals surface area contributed by atoms with Gasteiger partial charge in [0.15, 0.2) is 0 Å². The van der Waals surface area contributed by atoms with Gasteiger partial charge in [0.2, 0.25) is 0 Å². The minimum atomic E-state index is -0.489. The molecular weight excluding hydrogens is 312 g/mol. The quantitative estimate of drug-likeness (QED) is 0.287. The third-order valence-electron chi connectivity index (χ3n) is 3.44. The molecule has 0 amide bonds.